The number of amides is 2. The maximum absolute atomic E-state index is 12.9. The molecule has 6 nitrogen and oxygen atoms in total. The number of rotatable bonds is 5. The Kier molecular flexibility index (Phi) is 6.42. The Balaban J connectivity index is 1.53. The Morgan fingerprint density at radius 2 is 1.81 bits per heavy atom. The lowest BCUT2D eigenvalue weighted by atomic mass is 9.93. The molecule has 1 heterocycles. The van der Waals surface area contributed by atoms with E-state index in [0.717, 1.165) is 41.0 Å². The van der Waals surface area contributed by atoms with Crippen LogP contribution in [0.25, 0.3) is 0 Å². The van der Waals surface area contributed by atoms with Crippen LogP contribution >= 0.6 is 11.6 Å². The molecule has 2 amide bonds. The number of furan rings is 1. The summed E-state index contributed by atoms with van der Waals surface area (Å²) < 4.78 is 5.94. The third-order valence-corrected chi connectivity index (χ3v) is 5.98. The predicted molar refractivity (Wildman–Crippen MR) is 125 cm³/mol. The molecule has 1 aliphatic carbocycles. The summed E-state index contributed by atoms with van der Waals surface area (Å²) in [7, 11) is 0. The first-order valence-electron chi connectivity index (χ1n) is 10.5. The van der Waals surface area contributed by atoms with E-state index in [9.17, 15) is 9.59 Å². The average Bonchev–Trinajstić information content (AvgIpc) is 3.13. The van der Waals surface area contributed by atoms with Crippen molar-refractivity contribution in [3.8, 4) is 0 Å². The van der Waals surface area contributed by atoms with E-state index < -0.39 is 0 Å². The van der Waals surface area contributed by atoms with Crippen LogP contribution in [0.5, 0.6) is 0 Å². The predicted octanol–water partition coefficient (Wildman–Crippen LogP) is 5.20. The van der Waals surface area contributed by atoms with E-state index in [2.05, 4.69) is 15.8 Å². The molecule has 3 aromatic rings. The summed E-state index contributed by atoms with van der Waals surface area (Å²) in [5, 5.41) is 7.84. The SMILES string of the molecule is Cc1c(Cl)cccc1NC(=O)c1oc2c(c1C)/C(=N/NC(=O)Cc1ccccc1)CCC2. The lowest BCUT2D eigenvalue weighted by Gasteiger charge is -2.13. The minimum atomic E-state index is -0.338. The second-order valence-corrected chi connectivity index (χ2v) is 8.24. The number of nitrogens with zero attached hydrogens (tertiary/aromatic N) is 1. The zero-order valence-electron chi connectivity index (χ0n) is 18.0. The maximum Gasteiger partial charge on any atom is 0.291 e. The number of aryl methyl sites for hydroxylation is 1. The lowest BCUT2D eigenvalue weighted by molar-refractivity contribution is -0.120. The van der Waals surface area contributed by atoms with Gasteiger partial charge in [0.15, 0.2) is 5.76 Å². The Labute approximate surface area is 191 Å². The molecule has 0 saturated carbocycles. The number of hydrazone groups is 1. The minimum Gasteiger partial charge on any atom is -0.455 e. The van der Waals surface area contributed by atoms with Crippen molar-refractivity contribution in [2.45, 2.75) is 39.5 Å². The molecular formula is C25H24ClN3O3. The van der Waals surface area contributed by atoms with Crippen LogP contribution in [0.1, 0.15) is 51.4 Å². The van der Waals surface area contributed by atoms with Crippen molar-refractivity contribution >= 4 is 34.8 Å². The van der Waals surface area contributed by atoms with Crippen LogP contribution in [0.15, 0.2) is 58.0 Å². The molecule has 0 aliphatic heterocycles. The Bertz CT molecular complexity index is 1200. The molecular weight excluding hydrogens is 426 g/mol. The van der Waals surface area contributed by atoms with Gasteiger partial charge in [-0.15, -0.1) is 0 Å². The molecule has 2 aromatic carbocycles. The fraction of sp³-hybridized carbons (Fsp3) is 0.240. The maximum atomic E-state index is 12.9. The first-order valence-corrected chi connectivity index (χ1v) is 10.9. The number of anilines is 1. The number of hydrogen-bond donors (Lipinski definition) is 2. The van der Waals surface area contributed by atoms with Gasteiger partial charge in [-0.25, -0.2) is 5.43 Å². The second kappa shape index (κ2) is 9.40. The molecule has 1 aromatic heterocycles. The van der Waals surface area contributed by atoms with E-state index in [0.29, 0.717) is 22.7 Å². The van der Waals surface area contributed by atoms with Gasteiger partial charge < -0.3 is 9.73 Å². The van der Waals surface area contributed by atoms with E-state index >= 15 is 0 Å². The largest absolute Gasteiger partial charge is 0.455 e. The van der Waals surface area contributed by atoms with Gasteiger partial charge in [-0.3, -0.25) is 9.59 Å². The molecule has 0 bridgehead atoms. The van der Waals surface area contributed by atoms with Crippen molar-refractivity contribution in [2.24, 2.45) is 5.10 Å². The highest BCUT2D eigenvalue weighted by atomic mass is 35.5. The number of fused-ring (bicyclic) bond motifs is 1. The van der Waals surface area contributed by atoms with Gasteiger partial charge in [-0.2, -0.15) is 5.10 Å². The topological polar surface area (TPSA) is 83.7 Å². The van der Waals surface area contributed by atoms with Crippen molar-refractivity contribution in [3.63, 3.8) is 0 Å². The monoisotopic (exact) mass is 449 g/mol. The van der Waals surface area contributed by atoms with Crippen molar-refractivity contribution < 1.29 is 14.0 Å². The fourth-order valence-electron chi connectivity index (χ4n) is 3.87. The summed E-state index contributed by atoms with van der Waals surface area (Å²) in [5.41, 5.74) is 7.26. The van der Waals surface area contributed by atoms with Crippen molar-refractivity contribution in [3.05, 3.63) is 87.3 Å². The average molecular weight is 450 g/mol. The molecule has 7 heteroatoms. The van der Waals surface area contributed by atoms with Gasteiger partial charge in [-0.05, 0) is 49.9 Å². The molecule has 0 unspecified atom stereocenters. The summed E-state index contributed by atoms with van der Waals surface area (Å²) in [6, 6.07) is 14.9. The zero-order valence-corrected chi connectivity index (χ0v) is 18.8. The second-order valence-electron chi connectivity index (χ2n) is 7.83. The third kappa shape index (κ3) is 4.60. The molecule has 2 N–H and O–H groups in total. The molecule has 0 atom stereocenters. The molecule has 0 spiro atoms. The van der Waals surface area contributed by atoms with E-state index in [-0.39, 0.29) is 24.0 Å². The van der Waals surface area contributed by atoms with Gasteiger partial charge in [0.1, 0.15) is 5.76 Å². The minimum absolute atomic E-state index is 0.189. The fourth-order valence-corrected chi connectivity index (χ4v) is 4.04. The summed E-state index contributed by atoms with van der Waals surface area (Å²) in [6.45, 7) is 3.69. The number of nitrogens with one attached hydrogen (secondary N) is 2. The number of carbonyl (C=O) groups is 2. The van der Waals surface area contributed by atoms with Crippen LogP contribution < -0.4 is 10.7 Å². The first-order chi connectivity index (χ1) is 15.4. The number of hydrogen-bond acceptors (Lipinski definition) is 4. The normalized spacial score (nSPS) is 14.2. The number of benzene rings is 2. The van der Waals surface area contributed by atoms with Crippen molar-refractivity contribution in [1.29, 1.82) is 0 Å². The molecule has 32 heavy (non-hydrogen) atoms. The van der Waals surface area contributed by atoms with Crippen LogP contribution in [0.4, 0.5) is 5.69 Å². The first kappa shape index (κ1) is 21.8. The molecule has 0 fully saturated rings. The van der Waals surface area contributed by atoms with Crippen LogP contribution in [0.2, 0.25) is 5.02 Å². The highest BCUT2D eigenvalue weighted by Gasteiger charge is 2.28. The van der Waals surface area contributed by atoms with E-state index in [1.807, 2.05) is 44.2 Å². The zero-order chi connectivity index (χ0) is 22.7. The van der Waals surface area contributed by atoms with Gasteiger partial charge in [0.2, 0.25) is 5.91 Å². The van der Waals surface area contributed by atoms with Crippen molar-refractivity contribution in [2.75, 3.05) is 5.32 Å². The quantitative estimate of drug-likeness (QED) is 0.525. The van der Waals surface area contributed by atoms with Crippen LogP contribution in [-0.4, -0.2) is 17.5 Å². The third-order valence-electron chi connectivity index (χ3n) is 5.57. The van der Waals surface area contributed by atoms with Gasteiger partial charge in [0, 0.05) is 28.3 Å². The Morgan fingerprint density at radius 3 is 2.59 bits per heavy atom. The van der Waals surface area contributed by atoms with Gasteiger partial charge in [-0.1, -0.05) is 48.0 Å². The van der Waals surface area contributed by atoms with E-state index in [1.54, 1.807) is 18.2 Å². The smallest absolute Gasteiger partial charge is 0.291 e. The molecule has 1 aliphatic rings. The van der Waals surface area contributed by atoms with Crippen molar-refractivity contribution in [1.82, 2.24) is 5.43 Å². The highest BCUT2D eigenvalue weighted by molar-refractivity contribution is 6.31. The highest BCUT2D eigenvalue weighted by Crippen LogP contribution is 2.31. The summed E-state index contributed by atoms with van der Waals surface area (Å²) in [4.78, 5) is 25.2. The molecule has 4 rings (SSSR count). The van der Waals surface area contributed by atoms with Gasteiger partial charge in [0.25, 0.3) is 5.91 Å². The number of halogens is 1. The van der Waals surface area contributed by atoms with Gasteiger partial charge in [0.05, 0.1) is 12.1 Å². The molecule has 0 radical (unpaired) electrons. The summed E-state index contributed by atoms with van der Waals surface area (Å²) in [6.07, 6.45) is 2.51. The number of carbonyl (C=O) groups excluding carboxylic acids is 2. The summed E-state index contributed by atoms with van der Waals surface area (Å²) in [5.74, 6) is 0.443. The van der Waals surface area contributed by atoms with E-state index in [4.69, 9.17) is 16.0 Å². The molecule has 0 saturated heterocycles. The Hall–Kier alpha value is -3.38. The summed E-state index contributed by atoms with van der Waals surface area (Å²) >= 11 is 6.16. The molecule has 164 valence electrons. The van der Waals surface area contributed by atoms with E-state index in [1.165, 1.54) is 0 Å². The van der Waals surface area contributed by atoms with Crippen LogP contribution in [-0.2, 0) is 17.6 Å². The standard InChI is InChI=1S/C25H24ClN3O3/c1-15-18(26)10-6-11-19(15)27-25(31)24-16(2)23-20(12-7-13-21(23)32-24)28-29-22(30)14-17-8-4-3-5-9-17/h3-6,8-11H,7,12-14H2,1-2H3,(H,27,31)(H,29,30)/b28-20+. The Morgan fingerprint density at radius 1 is 1.03 bits per heavy atom. The van der Waals surface area contributed by atoms with Gasteiger partial charge >= 0.3 is 0 Å². The van der Waals surface area contributed by atoms with Crippen LogP contribution in [0.3, 0.4) is 0 Å². The lowest BCUT2D eigenvalue weighted by Crippen LogP contribution is -2.23. The van der Waals surface area contributed by atoms with Crippen LogP contribution in [0, 0.1) is 13.8 Å².